The molecule has 188 valence electrons. The predicted molar refractivity (Wildman–Crippen MR) is 144 cm³/mol. The van der Waals surface area contributed by atoms with Gasteiger partial charge in [0.25, 0.3) is 5.91 Å². The van der Waals surface area contributed by atoms with Gasteiger partial charge in [0.05, 0.1) is 11.2 Å². The van der Waals surface area contributed by atoms with Crippen molar-refractivity contribution in [2.75, 3.05) is 26.2 Å². The number of carbonyl (C=O) groups excluding carboxylic acids is 1. The Morgan fingerprint density at radius 2 is 1.92 bits per heavy atom. The monoisotopic (exact) mass is 505 g/mol. The number of rotatable bonds is 9. The molecule has 0 bridgehead atoms. The summed E-state index contributed by atoms with van der Waals surface area (Å²) in [5.41, 5.74) is 6.11. The van der Waals surface area contributed by atoms with Crippen molar-refractivity contribution in [3.05, 3.63) is 94.0 Å². The van der Waals surface area contributed by atoms with E-state index in [1.165, 1.54) is 43.0 Å². The van der Waals surface area contributed by atoms with Gasteiger partial charge in [-0.25, -0.2) is 5.43 Å². The molecule has 36 heavy (non-hydrogen) atoms. The van der Waals surface area contributed by atoms with E-state index in [1.807, 2.05) is 25.1 Å². The molecule has 0 aromatic heterocycles. The maximum absolute atomic E-state index is 12.2. The van der Waals surface area contributed by atoms with Gasteiger partial charge >= 0.3 is 0 Å². The van der Waals surface area contributed by atoms with E-state index >= 15 is 0 Å². The second kappa shape index (κ2) is 12.6. The summed E-state index contributed by atoms with van der Waals surface area (Å²) in [6.45, 7) is 5.80. The molecule has 1 fully saturated rings. The molecule has 1 amide bonds. The molecule has 0 saturated carbocycles. The van der Waals surface area contributed by atoms with Crippen LogP contribution in [0.5, 0.6) is 11.5 Å². The minimum atomic E-state index is -0.408. The number of amides is 1. The maximum Gasteiger partial charge on any atom is 0.271 e. The summed E-state index contributed by atoms with van der Waals surface area (Å²) < 4.78 is 6.00. The first-order chi connectivity index (χ1) is 17.5. The van der Waals surface area contributed by atoms with Crippen LogP contribution < -0.4 is 10.2 Å². The van der Waals surface area contributed by atoms with E-state index in [9.17, 15) is 9.90 Å². The molecule has 0 radical (unpaired) electrons. The Labute approximate surface area is 217 Å². The summed E-state index contributed by atoms with van der Waals surface area (Å²) in [5, 5.41) is 13.6. The lowest BCUT2D eigenvalue weighted by Gasteiger charge is -2.31. The largest absolute Gasteiger partial charge is 0.506 e. The molecule has 4 rings (SSSR count). The van der Waals surface area contributed by atoms with E-state index in [0.29, 0.717) is 12.2 Å². The van der Waals surface area contributed by atoms with Crippen molar-refractivity contribution >= 4 is 23.7 Å². The third-order valence-electron chi connectivity index (χ3n) is 6.57. The normalized spacial score (nSPS) is 14.7. The Hall–Kier alpha value is -3.35. The first-order valence-corrected chi connectivity index (χ1v) is 12.7. The summed E-state index contributed by atoms with van der Waals surface area (Å²) in [6.07, 6.45) is 5.24. The Bertz CT molecular complexity index is 1190. The molecule has 0 spiro atoms. The zero-order chi connectivity index (χ0) is 25.3. The minimum Gasteiger partial charge on any atom is -0.506 e. The first kappa shape index (κ1) is 25.7. The van der Waals surface area contributed by atoms with Gasteiger partial charge in [-0.15, -0.1) is 0 Å². The molecular weight excluding hydrogens is 474 g/mol. The number of hydrazone groups is 1. The number of benzene rings is 3. The lowest BCUT2D eigenvalue weighted by atomic mass is 9.90. The molecule has 6 nitrogen and oxygen atoms in total. The van der Waals surface area contributed by atoms with Crippen molar-refractivity contribution < 1.29 is 14.6 Å². The quantitative estimate of drug-likeness (QED) is 0.299. The van der Waals surface area contributed by atoms with Gasteiger partial charge in [-0.1, -0.05) is 41.9 Å². The van der Waals surface area contributed by atoms with Crippen LogP contribution in [0, 0.1) is 12.8 Å². The number of hydrogen-bond acceptors (Lipinski definition) is 5. The lowest BCUT2D eigenvalue weighted by molar-refractivity contribution is 0.0955. The Balaban J connectivity index is 1.18. The van der Waals surface area contributed by atoms with Crippen molar-refractivity contribution in [1.29, 1.82) is 0 Å². The zero-order valence-electron chi connectivity index (χ0n) is 20.5. The van der Waals surface area contributed by atoms with Gasteiger partial charge < -0.3 is 9.84 Å². The van der Waals surface area contributed by atoms with Crippen molar-refractivity contribution in [3.63, 3.8) is 0 Å². The first-order valence-electron chi connectivity index (χ1n) is 12.3. The Kier molecular flexibility index (Phi) is 8.98. The number of halogens is 1. The van der Waals surface area contributed by atoms with Crippen LogP contribution in [0.25, 0.3) is 0 Å². The molecule has 2 N–H and O–H groups in total. The van der Waals surface area contributed by atoms with Gasteiger partial charge in [0, 0.05) is 12.1 Å². The number of carbonyl (C=O) groups is 1. The number of phenols is 1. The van der Waals surface area contributed by atoms with Gasteiger partial charge in [0.15, 0.2) is 0 Å². The van der Waals surface area contributed by atoms with Crippen molar-refractivity contribution in [2.24, 2.45) is 11.0 Å². The summed E-state index contributed by atoms with van der Waals surface area (Å²) in [7, 11) is 0. The van der Waals surface area contributed by atoms with Gasteiger partial charge in [0.1, 0.15) is 18.1 Å². The highest BCUT2D eigenvalue weighted by Gasteiger charge is 2.19. The van der Waals surface area contributed by atoms with Crippen LogP contribution in [0.3, 0.4) is 0 Å². The molecule has 1 heterocycles. The summed E-state index contributed by atoms with van der Waals surface area (Å²) >= 11 is 5.85. The minimum absolute atomic E-state index is 0.0712. The van der Waals surface area contributed by atoms with Crippen LogP contribution in [0.1, 0.15) is 39.9 Å². The molecule has 0 aliphatic carbocycles. The number of aromatic hydroxyl groups is 1. The molecular formula is C29H32ClN3O3. The standard InChI is InChI=1S/C29H32ClN3O3/c1-21-17-26(9-7-25(21)20-31-32-29(35)24-8-10-28(34)27(30)19-24)36-16-15-33-13-11-23(12-14-33)18-22-5-3-2-4-6-22/h2-10,17,19-20,23,34H,11-16,18H2,1H3,(H,32,35)/b31-20-. The van der Waals surface area contributed by atoms with Gasteiger partial charge in [0.2, 0.25) is 0 Å². The molecule has 3 aromatic rings. The predicted octanol–water partition coefficient (Wildman–Crippen LogP) is 5.45. The molecule has 7 heteroatoms. The fourth-order valence-corrected chi connectivity index (χ4v) is 4.59. The molecule has 0 unspecified atom stereocenters. The van der Waals surface area contributed by atoms with E-state index in [-0.39, 0.29) is 10.8 Å². The molecule has 3 aromatic carbocycles. The molecule has 1 aliphatic rings. The average Bonchev–Trinajstić information content (AvgIpc) is 2.88. The number of aryl methyl sites for hydroxylation is 1. The van der Waals surface area contributed by atoms with Gasteiger partial charge in [-0.05, 0) is 98.3 Å². The number of piperidine rings is 1. The second-order valence-corrected chi connectivity index (χ2v) is 9.61. The van der Waals surface area contributed by atoms with Gasteiger partial charge in [-0.3, -0.25) is 9.69 Å². The summed E-state index contributed by atoms with van der Waals surface area (Å²) in [5.74, 6) is 1.12. The fraction of sp³-hybridized carbons (Fsp3) is 0.310. The topological polar surface area (TPSA) is 74.2 Å². The van der Waals surface area contributed by atoms with Crippen molar-refractivity contribution in [1.82, 2.24) is 10.3 Å². The van der Waals surface area contributed by atoms with E-state index in [1.54, 1.807) is 6.21 Å². The number of likely N-dealkylation sites (tertiary alicyclic amines) is 1. The summed E-state index contributed by atoms with van der Waals surface area (Å²) in [6, 6.07) is 20.8. The van der Waals surface area contributed by atoms with Crippen molar-refractivity contribution in [2.45, 2.75) is 26.2 Å². The number of ether oxygens (including phenoxy) is 1. The third-order valence-corrected chi connectivity index (χ3v) is 6.87. The van der Waals surface area contributed by atoms with E-state index in [4.69, 9.17) is 16.3 Å². The van der Waals surface area contributed by atoms with Crippen LogP contribution in [0.4, 0.5) is 0 Å². The smallest absolute Gasteiger partial charge is 0.271 e. The number of nitrogens with zero attached hydrogens (tertiary/aromatic N) is 2. The maximum atomic E-state index is 12.2. The second-order valence-electron chi connectivity index (χ2n) is 9.21. The fourth-order valence-electron chi connectivity index (χ4n) is 4.41. The number of nitrogens with one attached hydrogen (secondary N) is 1. The molecule has 1 saturated heterocycles. The molecule has 1 aliphatic heterocycles. The zero-order valence-corrected chi connectivity index (χ0v) is 21.2. The third kappa shape index (κ3) is 7.33. The molecule has 0 atom stereocenters. The van der Waals surface area contributed by atoms with Crippen molar-refractivity contribution in [3.8, 4) is 11.5 Å². The number of phenolic OH excluding ortho intramolecular Hbond substituents is 1. The summed E-state index contributed by atoms with van der Waals surface area (Å²) in [4.78, 5) is 14.7. The van der Waals surface area contributed by atoms with Crippen LogP contribution >= 0.6 is 11.6 Å². The highest BCUT2D eigenvalue weighted by atomic mass is 35.5. The Morgan fingerprint density at radius 1 is 1.14 bits per heavy atom. The van der Waals surface area contributed by atoms with Gasteiger partial charge in [-0.2, -0.15) is 5.10 Å². The van der Waals surface area contributed by atoms with E-state index < -0.39 is 5.91 Å². The van der Waals surface area contributed by atoms with Crippen LogP contribution in [0.2, 0.25) is 5.02 Å². The number of hydrogen-bond donors (Lipinski definition) is 2. The van der Waals surface area contributed by atoms with Crippen LogP contribution in [0.15, 0.2) is 71.8 Å². The highest BCUT2D eigenvalue weighted by Crippen LogP contribution is 2.24. The Morgan fingerprint density at radius 3 is 2.64 bits per heavy atom. The van der Waals surface area contributed by atoms with Crippen LogP contribution in [-0.2, 0) is 6.42 Å². The van der Waals surface area contributed by atoms with E-state index in [2.05, 4.69) is 45.8 Å². The van der Waals surface area contributed by atoms with E-state index in [0.717, 1.165) is 42.4 Å². The SMILES string of the molecule is Cc1cc(OCCN2CCC(Cc3ccccc3)CC2)ccc1/C=N\NC(=O)c1ccc(O)c(Cl)c1. The highest BCUT2D eigenvalue weighted by molar-refractivity contribution is 6.32. The van der Waals surface area contributed by atoms with Crippen LogP contribution in [-0.4, -0.2) is 48.4 Å². The lowest BCUT2D eigenvalue weighted by Crippen LogP contribution is -2.37. The average molecular weight is 506 g/mol.